The third-order valence-electron chi connectivity index (χ3n) is 5.21. The van der Waals surface area contributed by atoms with E-state index in [1.807, 2.05) is 43.3 Å². The molecule has 2 aromatic heterocycles. The molecular weight excluding hydrogens is 392 g/mol. The number of imidazole rings is 1. The molecule has 0 aliphatic heterocycles. The zero-order chi connectivity index (χ0) is 21.8. The average molecular weight is 416 g/mol. The lowest BCUT2D eigenvalue weighted by Crippen LogP contribution is -2.32. The summed E-state index contributed by atoms with van der Waals surface area (Å²) in [4.78, 5) is 29.9. The third-order valence-corrected chi connectivity index (χ3v) is 5.21. The van der Waals surface area contributed by atoms with Crippen molar-refractivity contribution >= 4 is 17.1 Å². The highest BCUT2D eigenvalue weighted by Crippen LogP contribution is 2.13. The highest BCUT2D eigenvalue weighted by Gasteiger charge is 2.14. The summed E-state index contributed by atoms with van der Waals surface area (Å²) in [6, 6.07) is 18.7. The smallest absolute Gasteiger partial charge is 0.330 e. The molecule has 0 spiro atoms. The van der Waals surface area contributed by atoms with E-state index in [2.05, 4.69) is 10.3 Å². The van der Waals surface area contributed by atoms with E-state index in [0.717, 1.165) is 11.1 Å². The number of methoxy groups -OCH3 is 1. The number of hydrogen-bond donors (Lipinski definition) is 1. The highest BCUT2D eigenvalue weighted by molar-refractivity contribution is 5.94. The second kappa shape index (κ2) is 8.87. The molecule has 0 fully saturated rings. The highest BCUT2D eigenvalue weighted by atomic mass is 16.5. The van der Waals surface area contributed by atoms with Gasteiger partial charge in [0.05, 0.1) is 19.2 Å². The summed E-state index contributed by atoms with van der Waals surface area (Å²) in [5, 5.41) is 2.87. The van der Waals surface area contributed by atoms with E-state index in [-0.39, 0.29) is 11.6 Å². The molecule has 0 radical (unpaired) electrons. The van der Waals surface area contributed by atoms with E-state index in [4.69, 9.17) is 4.74 Å². The van der Waals surface area contributed by atoms with Crippen LogP contribution in [0.3, 0.4) is 0 Å². The standard InChI is InChI=1S/C24H24N4O3/c1-17-5-7-18(8-6-17)16-28-21-4-3-13-25-22(21)27(24(28)30)15-14-26-23(29)19-9-11-20(31-2)12-10-19/h3-13H,14-16H2,1-2H3,(H,26,29). The predicted octanol–water partition coefficient (Wildman–Crippen LogP) is 2.99. The molecule has 1 N–H and O–H groups in total. The van der Waals surface area contributed by atoms with E-state index >= 15 is 0 Å². The maximum absolute atomic E-state index is 13.1. The Labute approximate surface area is 179 Å². The molecule has 4 rings (SSSR count). The van der Waals surface area contributed by atoms with Crippen LogP contribution in [0.4, 0.5) is 0 Å². The van der Waals surface area contributed by atoms with Crippen molar-refractivity contribution in [1.82, 2.24) is 19.4 Å². The van der Waals surface area contributed by atoms with E-state index in [0.29, 0.717) is 36.6 Å². The first-order valence-electron chi connectivity index (χ1n) is 10.1. The molecule has 0 atom stereocenters. The largest absolute Gasteiger partial charge is 0.497 e. The monoisotopic (exact) mass is 416 g/mol. The fourth-order valence-corrected chi connectivity index (χ4v) is 3.50. The van der Waals surface area contributed by atoms with Crippen molar-refractivity contribution in [1.29, 1.82) is 0 Å². The quantitative estimate of drug-likeness (QED) is 0.502. The molecule has 0 aliphatic rings. The number of hydrogen-bond acceptors (Lipinski definition) is 4. The van der Waals surface area contributed by atoms with Gasteiger partial charge >= 0.3 is 5.69 Å². The number of benzene rings is 2. The van der Waals surface area contributed by atoms with Crippen LogP contribution >= 0.6 is 0 Å². The zero-order valence-corrected chi connectivity index (χ0v) is 17.5. The summed E-state index contributed by atoms with van der Waals surface area (Å²) in [5.41, 5.74) is 3.99. The minimum absolute atomic E-state index is 0.145. The number of carbonyl (C=O) groups is 1. The predicted molar refractivity (Wildman–Crippen MR) is 120 cm³/mol. The second-order valence-corrected chi connectivity index (χ2v) is 7.34. The third kappa shape index (κ3) is 4.35. The minimum Gasteiger partial charge on any atom is -0.497 e. The van der Waals surface area contributed by atoms with Gasteiger partial charge in [0, 0.05) is 24.8 Å². The van der Waals surface area contributed by atoms with Gasteiger partial charge in [0.2, 0.25) is 0 Å². The van der Waals surface area contributed by atoms with Gasteiger partial charge in [-0.3, -0.25) is 13.9 Å². The van der Waals surface area contributed by atoms with Gasteiger partial charge in [-0.25, -0.2) is 9.78 Å². The number of fused-ring (bicyclic) bond motifs is 1. The summed E-state index contributed by atoms with van der Waals surface area (Å²) in [6.45, 7) is 3.14. The lowest BCUT2D eigenvalue weighted by molar-refractivity contribution is 0.0952. The first-order valence-corrected chi connectivity index (χ1v) is 10.1. The van der Waals surface area contributed by atoms with Crippen LogP contribution in [-0.2, 0) is 13.1 Å². The zero-order valence-electron chi connectivity index (χ0n) is 17.5. The molecule has 7 nitrogen and oxygen atoms in total. The van der Waals surface area contributed by atoms with Crippen molar-refractivity contribution < 1.29 is 9.53 Å². The van der Waals surface area contributed by atoms with Crippen LogP contribution in [0.15, 0.2) is 71.7 Å². The Hall–Kier alpha value is -3.87. The first-order chi connectivity index (χ1) is 15.1. The Bertz CT molecular complexity index is 1250. The number of aryl methyl sites for hydroxylation is 1. The maximum Gasteiger partial charge on any atom is 0.330 e. The summed E-state index contributed by atoms with van der Waals surface area (Å²) in [7, 11) is 1.58. The van der Waals surface area contributed by atoms with Gasteiger partial charge < -0.3 is 10.1 Å². The number of amides is 1. The normalized spacial score (nSPS) is 10.9. The number of pyridine rings is 1. The van der Waals surface area contributed by atoms with E-state index < -0.39 is 0 Å². The Morgan fingerprint density at radius 2 is 1.77 bits per heavy atom. The van der Waals surface area contributed by atoms with Crippen LogP contribution in [-0.4, -0.2) is 33.7 Å². The molecule has 2 aromatic carbocycles. The van der Waals surface area contributed by atoms with E-state index in [1.165, 1.54) is 5.56 Å². The lowest BCUT2D eigenvalue weighted by Gasteiger charge is -2.07. The Morgan fingerprint density at radius 3 is 2.48 bits per heavy atom. The van der Waals surface area contributed by atoms with Crippen LogP contribution in [0.5, 0.6) is 5.75 Å². The van der Waals surface area contributed by atoms with Gasteiger partial charge in [-0.15, -0.1) is 0 Å². The molecule has 2 heterocycles. The maximum atomic E-state index is 13.1. The molecule has 7 heteroatoms. The molecule has 4 aromatic rings. The Kier molecular flexibility index (Phi) is 5.84. The molecule has 31 heavy (non-hydrogen) atoms. The van der Waals surface area contributed by atoms with Crippen LogP contribution < -0.4 is 15.7 Å². The number of carbonyl (C=O) groups excluding carboxylic acids is 1. The van der Waals surface area contributed by atoms with Crippen molar-refractivity contribution in [3.05, 3.63) is 94.0 Å². The van der Waals surface area contributed by atoms with Gasteiger partial charge in [-0.2, -0.15) is 0 Å². The van der Waals surface area contributed by atoms with Crippen molar-refractivity contribution in [2.75, 3.05) is 13.7 Å². The SMILES string of the molecule is COc1ccc(C(=O)NCCn2c(=O)n(Cc3ccc(C)cc3)c3cccnc32)cc1. The van der Waals surface area contributed by atoms with Crippen LogP contribution in [0.1, 0.15) is 21.5 Å². The van der Waals surface area contributed by atoms with Gasteiger partial charge in [-0.05, 0) is 48.9 Å². The average Bonchev–Trinajstić information content (AvgIpc) is 3.06. The topological polar surface area (TPSA) is 78.1 Å². The summed E-state index contributed by atoms with van der Waals surface area (Å²) in [5.74, 6) is 0.489. The van der Waals surface area contributed by atoms with Gasteiger partial charge in [0.25, 0.3) is 5.91 Å². The van der Waals surface area contributed by atoms with Crippen molar-refractivity contribution in [2.24, 2.45) is 0 Å². The number of ether oxygens (including phenoxy) is 1. The van der Waals surface area contributed by atoms with E-state index in [1.54, 1.807) is 46.7 Å². The van der Waals surface area contributed by atoms with Gasteiger partial charge in [0.1, 0.15) is 5.75 Å². The molecule has 0 aliphatic carbocycles. The molecule has 0 unspecified atom stereocenters. The number of nitrogens with one attached hydrogen (secondary N) is 1. The lowest BCUT2D eigenvalue weighted by atomic mass is 10.1. The van der Waals surface area contributed by atoms with Gasteiger partial charge in [0.15, 0.2) is 5.65 Å². The van der Waals surface area contributed by atoms with Crippen LogP contribution in [0, 0.1) is 6.92 Å². The summed E-state index contributed by atoms with van der Waals surface area (Å²) >= 11 is 0. The molecule has 0 bridgehead atoms. The Morgan fingerprint density at radius 1 is 1.03 bits per heavy atom. The van der Waals surface area contributed by atoms with Crippen molar-refractivity contribution in [2.45, 2.75) is 20.0 Å². The fourth-order valence-electron chi connectivity index (χ4n) is 3.50. The molecule has 0 saturated heterocycles. The molecular formula is C24H24N4O3. The summed E-state index contributed by atoms with van der Waals surface area (Å²) < 4.78 is 8.44. The van der Waals surface area contributed by atoms with Crippen molar-refractivity contribution in [3.8, 4) is 5.75 Å². The van der Waals surface area contributed by atoms with Crippen LogP contribution in [0.25, 0.3) is 11.2 Å². The van der Waals surface area contributed by atoms with Crippen LogP contribution in [0.2, 0.25) is 0 Å². The summed E-state index contributed by atoms with van der Waals surface area (Å²) in [6.07, 6.45) is 1.67. The van der Waals surface area contributed by atoms with Gasteiger partial charge in [-0.1, -0.05) is 29.8 Å². The minimum atomic E-state index is -0.202. The van der Waals surface area contributed by atoms with E-state index in [9.17, 15) is 9.59 Å². The van der Waals surface area contributed by atoms with Crippen molar-refractivity contribution in [3.63, 3.8) is 0 Å². The molecule has 0 saturated carbocycles. The number of rotatable bonds is 7. The second-order valence-electron chi connectivity index (χ2n) is 7.34. The Balaban J connectivity index is 1.52. The molecule has 1 amide bonds. The number of aromatic nitrogens is 3. The first kappa shape index (κ1) is 20.4. The number of nitrogens with zero attached hydrogens (tertiary/aromatic N) is 3. The fraction of sp³-hybridized carbons (Fsp3) is 0.208. The molecule has 158 valence electrons.